The minimum atomic E-state index is -0.642. The van der Waals surface area contributed by atoms with Gasteiger partial charge >= 0.3 is 5.97 Å². The second-order valence-electron chi connectivity index (χ2n) is 17.1. The predicted molar refractivity (Wildman–Crippen MR) is 172 cm³/mol. The van der Waals surface area contributed by atoms with E-state index in [9.17, 15) is 19.5 Å². The molecule has 5 aliphatic carbocycles. The highest BCUT2D eigenvalue weighted by Gasteiger charge is 2.70. The maximum Gasteiger partial charge on any atom is 0.310 e. The Hall–Kier alpha value is -1.95. The smallest absolute Gasteiger partial charge is 0.310 e. The van der Waals surface area contributed by atoms with E-state index in [1.165, 1.54) is 10.5 Å². The molecule has 0 radical (unpaired) electrons. The van der Waals surface area contributed by atoms with E-state index in [2.05, 4.69) is 71.3 Å². The lowest BCUT2D eigenvalue weighted by Crippen LogP contribution is -2.66. The van der Waals surface area contributed by atoms with Crippen LogP contribution in [-0.2, 0) is 20.8 Å². The number of hydrogen-bond donors (Lipinski definition) is 2. The average Bonchev–Trinajstić information content (AvgIpc) is 3.44. The molecule has 0 saturated heterocycles. The van der Waals surface area contributed by atoms with Crippen molar-refractivity contribution < 1.29 is 19.5 Å². The third-order valence-electron chi connectivity index (χ3n) is 14.4. The van der Waals surface area contributed by atoms with E-state index in [-0.39, 0.29) is 45.2 Å². The van der Waals surface area contributed by atoms with E-state index >= 15 is 0 Å². The fourth-order valence-corrected chi connectivity index (χ4v) is 12.4. The van der Waals surface area contributed by atoms with E-state index in [1.54, 1.807) is 11.3 Å². The summed E-state index contributed by atoms with van der Waals surface area (Å²) in [6.07, 6.45) is 11.2. The van der Waals surface area contributed by atoms with Crippen molar-refractivity contribution in [1.82, 2.24) is 5.32 Å². The van der Waals surface area contributed by atoms with E-state index in [1.807, 2.05) is 6.07 Å². The lowest BCUT2D eigenvalue weighted by molar-refractivity contribution is -0.195. The molecular weight excluding hydrogens is 554 g/mol. The second kappa shape index (κ2) is 10.0. The zero-order valence-electron chi connectivity index (χ0n) is 27.5. The number of rotatable bonds is 5. The van der Waals surface area contributed by atoms with Crippen LogP contribution in [0, 0.1) is 56.2 Å². The normalized spacial score (nSPS) is 42.9. The molecule has 5 aliphatic rings. The summed E-state index contributed by atoms with van der Waals surface area (Å²) >= 11 is 1.70. The Morgan fingerprint density at radius 1 is 0.977 bits per heavy atom. The molecular formula is C37H53NO4S. The van der Waals surface area contributed by atoms with E-state index < -0.39 is 22.7 Å². The number of carboxylic acid groups (broad SMARTS) is 1. The molecule has 43 heavy (non-hydrogen) atoms. The Bertz CT molecular complexity index is 1340. The van der Waals surface area contributed by atoms with Gasteiger partial charge < -0.3 is 10.4 Å². The van der Waals surface area contributed by atoms with Crippen LogP contribution < -0.4 is 5.32 Å². The standard InChI is InChI=1S/C37H53NO4S/c1-32(2)15-17-37(31(41)42)18-16-35(6)25(26(37)22-32)10-11-28-34(5)21-24(30(40)38-19-13-23-9-8-20-43-23)29(39)33(3,4)27(34)12-14-36(28,35)7/h8-10,20,24,26-28H,11-19,21-22H2,1-7H3,(H,38,40)(H,41,42)/t24?,26?,27?,28?,34-,35+,36+,37-/m0/s1. The van der Waals surface area contributed by atoms with Crippen LogP contribution in [-0.4, -0.2) is 29.3 Å². The highest BCUT2D eigenvalue weighted by atomic mass is 32.1. The Labute approximate surface area is 262 Å². The van der Waals surface area contributed by atoms with Gasteiger partial charge in [0.05, 0.1) is 11.3 Å². The lowest BCUT2D eigenvalue weighted by atomic mass is 9.33. The van der Waals surface area contributed by atoms with Crippen molar-refractivity contribution in [3.63, 3.8) is 0 Å². The Morgan fingerprint density at radius 3 is 2.37 bits per heavy atom. The fraction of sp³-hybridized carbons (Fsp3) is 0.757. The monoisotopic (exact) mass is 607 g/mol. The van der Waals surface area contributed by atoms with Crippen LogP contribution in [0.4, 0.5) is 0 Å². The van der Waals surface area contributed by atoms with Gasteiger partial charge in [-0.15, -0.1) is 11.3 Å². The van der Waals surface area contributed by atoms with Gasteiger partial charge in [-0.05, 0) is 115 Å². The number of amides is 1. The molecule has 0 aromatic carbocycles. The largest absolute Gasteiger partial charge is 0.481 e. The summed E-state index contributed by atoms with van der Waals surface area (Å²) in [6, 6.07) is 4.12. The minimum Gasteiger partial charge on any atom is -0.481 e. The Balaban J connectivity index is 1.34. The zero-order valence-corrected chi connectivity index (χ0v) is 28.3. The second-order valence-corrected chi connectivity index (χ2v) is 18.2. The van der Waals surface area contributed by atoms with Gasteiger partial charge in [0.1, 0.15) is 0 Å². The first-order valence-electron chi connectivity index (χ1n) is 16.8. The summed E-state index contributed by atoms with van der Waals surface area (Å²) in [5.41, 5.74) is 0.115. The van der Waals surface area contributed by atoms with Crippen molar-refractivity contribution in [1.29, 1.82) is 0 Å². The van der Waals surface area contributed by atoms with Gasteiger partial charge in [-0.1, -0.05) is 66.2 Å². The summed E-state index contributed by atoms with van der Waals surface area (Å²) in [6.45, 7) is 16.7. The van der Waals surface area contributed by atoms with Crippen LogP contribution in [0.2, 0.25) is 0 Å². The molecule has 1 heterocycles. The minimum absolute atomic E-state index is 0.00868. The predicted octanol–water partition coefficient (Wildman–Crippen LogP) is 8.09. The molecule has 8 atom stereocenters. The van der Waals surface area contributed by atoms with Crippen molar-refractivity contribution in [3.05, 3.63) is 34.0 Å². The van der Waals surface area contributed by atoms with Crippen molar-refractivity contribution in [2.24, 2.45) is 56.2 Å². The Kier molecular flexibility index (Phi) is 7.24. The molecule has 4 unspecified atom stereocenters. The highest BCUT2D eigenvalue weighted by Crippen LogP contribution is 2.75. The van der Waals surface area contributed by atoms with Gasteiger partial charge in [0.2, 0.25) is 5.91 Å². The number of hydrogen-bond acceptors (Lipinski definition) is 4. The number of ketones is 1. The van der Waals surface area contributed by atoms with Gasteiger partial charge in [0, 0.05) is 16.8 Å². The maximum atomic E-state index is 14.0. The summed E-state index contributed by atoms with van der Waals surface area (Å²) < 4.78 is 0. The number of aliphatic carboxylic acids is 1. The first kappa shape index (κ1) is 31.0. The van der Waals surface area contributed by atoms with Crippen LogP contribution in [0.1, 0.15) is 111 Å². The molecule has 1 aromatic heterocycles. The fourth-order valence-electron chi connectivity index (χ4n) is 11.7. The molecule has 1 amide bonds. The van der Waals surface area contributed by atoms with Crippen LogP contribution in [0.5, 0.6) is 0 Å². The maximum absolute atomic E-state index is 14.0. The molecule has 6 heteroatoms. The Morgan fingerprint density at radius 2 is 1.70 bits per heavy atom. The molecule has 4 saturated carbocycles. The van der Waals surface area contributed by atoms with Gasteiger partial charge in [0.25, 0.3) is 0 Å². The number of thiophene rings is 1. The topological polar surface area (TPSA) is 83.5 Å². The first-order chi connectivity index (χ1) is 20.0. The molecule has 0 aliphatic heterocycles. The molecule has 2 N–H and O–H groups in total. The van der Waals surface area contributed by atoms with E-state index in [4.69, 9.17) is 0 Å². The number of carbonyl (C=O) groups is 3. The summed E-state index contributed by atoms with van der Waals surface area (Å²) in [4.78, 5) is 41.9. The summed E-state index contributed by atoms with van der Waals surface area (Å²) in [7, 11) is 0. The van der Waals surface area contributed by atoms with Crippen molar-refractivity contribution in [2.45, 2.75) is 113 Å². The number of fused-ring (bicyclic) bond motifs is 7. The summed E-state index contributed by atoms with van der Waals surface area (Å²) in [5.74, 6) is -0.552. The first-order valence-corrected chi connectivity index (χ1v) is 17.7. The third kappa shape index (κ3) is 4.38. The molecule has 0 bridgehead atoms. The van der Waals surface area contributed by atoms with Crippen LogP contribution in [0.15, 0.2) is 29.2 Å². The third-order valence-corrected chi connectivity index (χ3v) is 15.3. The van der Waals surface area contributed by atoms with Gasteiger partial charge in [-0.3, -0.25) is 14.4 Å². The number of allylic oxidation sites excluding steroid dienone is 2. The molecule has 236 valence electrons. The summed E-state index contributed by atoms with van der Waals surface area (Å²) in [5, 5.41) is 15.8. The SMILES string of the molecule is CC1(C)CC[C@]2(C(=O)O)CC[C@]3(C)C(=CCC4[C@@]5(C)CC(C(=O)NCCc6cccs6)C(=O)C(C)(C)C5CC[C@]43C)C2C1. The van der Waals surface area contributed by atoms with Crippen LogP contribution >= 0.6 is 11.3 Å². The molecule has 4 fully saturated rings. The van der Waals surface area contributed by atoms with E-state index in [0.717, 1.165) is 57.8 Å². The molecule has 5 nitrogen and oxygen atoms in total. The van der Waals surface area contributed by atoms with Crippen molar-refractivity contribution >= 4 is 29.0 Å². The van der Waals surface area contributed by atoms with Gasteiger partial charge in [-0.25, -0.2) is 0 Å². The molecule has 6 rings (SSSR count). The van der Waals surface area contributed by atoms with Crippen LogP contribution in [0.25, 0.3) is 0 Å². The number of carbonyl (C=O) groups excluding carboxylic acids is 2. The van der Waals surface area contributed by atoms with Crippen molar-refractivity contribution in [2.75, 3.05) is 6.54 Å². The number of nitrogens with one attached hydrogen (secondary N) is 1. The average molecular weight is 608 g/mol. The number of carboxylic acids is 1. The lowest BCUT2D eigenvalue weighted by Gasteiger charge is -2.70. The molecule has 0 spiro atoms. The van der Waals surface area contributed by atoms with Crippen LogP contribution in [0.3, 0.4) is 0 Å². The van der Waals surface area contributed by atoms with Crippen molar-refractivity contribution in [3.8, 4) is 0 Å². The zero-order chi connectivity index (χ0) is 31.2. The van der Waals surface area contributed by atoms with Gasteiger partial charge in [0.15, 0.2) is 5.78 Å². The number of Topliss-reactive ketones (excluding diaryl/α,β-unsaturated/α-hetero) is 1. The molecule has 1 aromatic rings. The highest BCUT2D eigenvalue weighted by molar-refractivity contribution is 7.09. The van der Waals surface area contributed by atoms with E-state index in [0.29, 0.717) is 18.9 Å². The van der Waals surface area contributed by atoms with Gasteiger partial charge in [-0.2, -0.15) is 0 Å². The quantitative estimate of drug-likeness (QED) is 0.262.